The number of ether oxygens (including phenoxy) is 1. The molecule has 1 aliphatic heterocycles. The maximum absolute atomic E-state index is 12.1. The van der Waals surface area contributed by atoms with Crippen LogP contribution in [0.15, 0.2) is 12.1 Å². The maximum Gasteiger partial charge on any atom is 0.339 e. The van der Waals surface area contributed by atoms with Crippen molar-refractivity contribution in [1.82, 2.24) is 4.90 Å². The number of nitrogens with one attached hydrogen (secondary N) is 1. The van der Waals surface area contributed by atoms with E-state index >= 15 is 0 Å². The van der Waals surface area contributed by atoms with Gasteiger partial charge in [0.25, 0.3) is 0 Å². The topological polar surface area (TPSA) is 78.9 Å². The summed E-state index contributed by atoms with van der Waals surface area (Å²) in [6.07, 6.45) is 0. The number of halogens is 2. The molecule has 0 aliphatic carbocycles. The number of carboxylic acid groups (broad SMARTS) is 1. The first-order valence-corrected chi connectivity index (χ1v) is 6.61. The first-order chi connectivity index (χ1) is 9.50. The maximum atomic E-state index is 12.1. The van der Waals surface area contributed by atoms with E-state index in [4.69, 9.17) is 33.0 Å². The molecule has 0 atom stereocenters. The molecule has 2 rings (SSSR count). The zero-order chi connectivity index (χ0) is 14.7. The number of hydrogen-bond acceptors (Lipinski definition) is 3. The summed E-state index contributed by atoms with van der Waals surface area (Å²) in [4.78, 5) is 24.8. The van der Waals surface area contributed by atoms with Gasteiger partial charge in [0.2, 0.25) is 0 Å². The van der Waals surface area contributed by atoms with E-state index < -0.39 is 12.0 Å². The lowest BCUT2D eigenvalue weighted by atomic mass is 10.1. The van der Waals surface area contributed by atoms with E-state index in [1.54, 1.807) is 0 Å². The minimum absolute atomic E-state index is 0.00292. The fourth-order valence-electron chi connectivity index (χ4n) is 1.84. The van der Waals surface area contributed by atoms with Gasteiger partial charge in [-0.05, 0) is 12.1 Å². The van der Waals surface area contributed by atoms with Crippen molar-refractivity contribution < 1.29 is 19.4 Å². The van der Waals surface area contributed by atoms with Crippen LogP contribution in [0.2, 0.25) is 10.0 Å². The van der Waals surface area contributed by atoms with Crippen LogP contribution in [0.5, 0.6) is 0 Å². The molecule has 0 aromatic heterocycles. The smallest absolute Gasteiger partial charge is 0.339 e. The van der Waals surface area contributed by atoms with E-state index in [9.17, 15) is 9.59 Å². The average Bonchev–Trinajstić information content (AvgIpc) is 2.43. The molecule has 0 bridgehead atoms. The van der Waals surface area contributed by atoms with E-state index in [-0.39, 0.29) is 21.3 Å². The van der Waals surface area contributed by atoms with Gasteiger partial charge in [0.05, 0.1) is 28.9 Å². The number of urea groups is 1. The lowest BCUT2D eigenvalue weighted by Gasteiger charge is -2.27. The van der Waals surface area contributed by atoms with Crippen molar-refractivity contribution in [2.24, 2.45) is 0 Å². The van der Waals surface area contributed by atoms with Crippen LogP contribution >= 0.6 is 23.2 Å². The molecule has 1 heterocycles. The Kier molecular flexibility index (Phi) is 4.69. The zero-order valence-electron chi connectivity index (χ0n) is 10.4. The summed E-state index contributed by atoms with van der Waals surface area (Å²) in [5.74, 6) is -1.25. The molecule has 20 heavy (non-hydrogen) atoms. The number of rotatable bonds is 2. The highest BCUT2D eigenvalue weighted by molar-refractivity contribution is 6.38. The van der Waals surface area contributed by atoms with E-state index in [2.05, 4.69) is 5.32 Å². The van der Waals surface area contributed by atoms with Crippen LogP contribution in [-0.2, 0) is 4.74 Å². The van der Waals surface area contributed by atoms with E-state index in [1.165, 1.54) is 17.0 Å². The molecule has 0 spiro atoms. The van der Waals surface area contributed by atoms with E-state index in [0.29, 0.717) is 26.3 Å². The molecule has 0 saturated carbocycles. The normalized spacial score (nSPS) is 15.0. The van der Waals surface area contributed by atoms with Crippen LogP contribution in [0.1, 0.15) is 10.4 Å². The van der Waals surface area contributed by atoms with Crippen LogP contribution in [0.4, 0.5) is 10.5 Å². The second-order valence-electron chi connectivity index (χ2n) is 4.11. The summed E-state index contributed by atoms with van der Waals surface area (Å²) in [5.41, 5.74) is -0.219. The van der Waals surface area contributed by atoms with Crippen LogP contribution in [0, 0.1) is 0 Å². The van der Waals surface area contributed by atoms with Gasteiger partial charge in [0.1, 0.15) is 5.56 Å². The molecule has 1 aromatic rings. The molecule has 0 unspecified atom stereocenters. The minimum atomic E-state index is -1.25. The molecule has 1 aromatic carbocycles. The fourth-order valence-corrected chi connectivity index (χ4v) is 2.28. The van der Waals surface area contributed by atoms with Crippen molar-refractivity contribution in [3.63, 3.8) is 0 Å². The van der Waals surface area contributed by atoms with Gasteiger partial charge in [-0.25, -0.2) is 9.59 Å². The Morgan fingerprint density at radius 2 is 1.80 bits per heavy atom. The summed E-state index contributed by atoms with van der Waals surface area (Å²) < 4.78 is 5.14. The number of carbonyl (C=O) groups excluding carboxylic acids is 1. The van der Waals surface area contributed by atoms with Gasteiger partial charge >= 0.3 is 12.0 Å². The van der Waals surface area contributed by atoms with Crippen LogP contribution in [-0.4, -0.2) is 48.3 Å². The highest BCUT2D eigenvalue weighted by atomic mass is 35.5. The summed E-state index contributed by atoms with van der Waals surface area (Å²) in [5, 5.41) is 11.8. The molecule has 2 amide bonds. The molecule has 108 valence electrons. The minimum Gasteiger partial charge on any atom is -0.478 e. The first kappa shape index (κ1) is 14.9. The largest absolute Gasteiger partial charge is 0.478 e. The third kappa shape index (κ3) is 3.15. The number of hydrogen-bond donors (Lipinski definition) is 2. The van der Waals surface area contributed by atoms with Gasteiger partial charge < -0.3 is 20.1 Å². The molecule has 1 saturated heterocycles. The SMILES string of the molecule is O=C(O)c1c(Cl)ccc(Cl)c1NC(=O)N1CCOCC1. The monoisotopic (exact) mass is 318 g/mol. The number of anilines is 1. The molecule has 1 aliphatic rings. The number of nitrogens with zero attached hydrogens (tertiary/aromatic N) is 1. The van der Waals surface area contributed by atoms with Crippen molar-refractivity contribution in [3.05, 3.63) is 27.7 Å². The van der Waals surface area contributed by atoms with Gasteiger partial charge in [0, 0.05) is 13.1 Å². The molecular weight excluding hydrogens is 307 g/mol. The molecule has 8 heteroatoms. The number of morpholine rings is 1. The Hall–Kier alpha value is -1.50. The quantitative estimate of drug-likeness (QED) is 0.878. The van der Waals surface area contributed by atoms with Gasteiger partial charge in [-0.1, -0.05) is 23.2 Å². The Morgan fingerprint density at radius 3 is 2.40 bits per heavy atom. The summed E-state index contributed by atoms with van der Waals surface area (Å²) >= 11 is 11.8. The van der Waals surface area contributed by atoms with Gasteiger partial charge in [0.15, 0.2) is 0 Å². The number of aromatic carboxylic acids is 1. The molecule has 6 nitrogen and oxygen atoms in total. The zero-order valence-corrected chi connectivity index (χ0v) is 11.9. The molecular formula is C12H12Cl2N2O4. The summed E-state index contributed by atoms with van der Waals surface area (Å²) in [7, 11) is 0. The predicted molar refractivity (Wildman–Crippen MR) is 74.8 cm³/mol. The van der Waals surface area contributed by atoms with Crippen LogP contribution in [0.3, 0.4) is 0 Å². The highest BCUT2D eigenvalue weighted by Crippen LogP contribution is 2.32. The molecule has 0 radical (unpaired) electrons. The predicted octanol–water partition coefficient (Wildman–Crippen LogP) is 2.56. The average molecular weight is 319 g/mol. The Labute approximate surface area is 125 Å². The van der Waals surface area contributed by atoms with Crippen molar-refractivity contribution in [2.75, 3.05) is 31.6 Å². The Balaban J connectivity index is 2.26. The lowest BCUT2D eigenvalue weighted by Crippen LogP contribution is -2.43. The summed E-state index contributed by atoms with van der Waals surface area (Å²) in [6, 6.07) is 2.38. The molecule has 2 N–H and O–H groups in total. The number of benzene rings is 1. The second-order valence-corrected chi connectivity index (χ2v) is 4.93. The van der Waals surface area contributed by atoms with E-state index in [0.717, 1.165) is 0 Å². The van der Waals surface area contributed by atoms with Crippen molar-refractivity contribution >= 4 is 40.9 Å². The van der Waals surface area contributed by atoms with Gasteiger partial charge in [-0.15, -0.1) is 0 Å². The standard InChI is InChI=1S/C12H12Cl2N2O4/c13-7-1-2-8(14)10(9(7)11(17)18)15-12(19)16-3-5-20-6-4-16/h1-2H,3-6H2,(H,15,19)(H,17,18). The van der Waals surface area contributed by atoms with Crippen LogP contribution in [0.25, 0.3) is 0 Å². The third-order valence-corrected chi connectivity index (χ3v) is 3.48. The number of carbonyl (C=O) groups is 2. The highest BCUT2D eigenvalue weighted by Gasteiger charge is 2.23. The molecule has 1 fully saturated rings. The third-order valence-electron chi connectivity index (χ3n) is 2.85. The van der Waals surface area contributed by atoms with Gasteiger partial charge in [-0.3, -0.25) is 0 Å². The Bertz CT molecular complexity index is 545. The van der Waals surface area contributed by atoms with Gasteiger partial charge in [-0.2, -0.15) is 0 Å². The Morgan fingerprint density at radius 1 is 1.20 bits per heavy atom. The van der Waals surface area contributed by atoms with Crippen molar-refractivity contribution in [1.29, 1.82) is 0 Å². The van der Waals surface area contributed by atoms with E-state index in [1.807, 2.05) is 0 Å². The lowest BCUT2D eigenvalue weighted by molar-refractivity contribution is 0.0564. The fraction of sp³-hybridized carbons (Fsp3) is 0.333. The number of amides is 2. The van der Waals surface area contributed by atoms with Crippen molar-refractivity contribution in [2.45, 2.75) is 0 Å². The first-order valence-electron chi connectivity index (χ1n) is 5.85. The summed E-state index contributed by atoms with van der Waals surface area (Å²) in [6.45, 7) is 1.77. The van der Waals surface area contributed by atoms with Crippen molar-refractivity contribution in [3.8, 4) is 0 Å². The number of carboxylic acids is 1. The van der Waals surface area contributed by atoms with Crippen LogP contribution < -0.4 is 5.32 Å². The second kappa shape index (κ2) is 6.30.